The summed E-state index contributed by atoms with van der Waals surface area (Å²) in [6, 6.07) is 2.94. The number of hydrogen-bond donors (Lipinski definition) is 2. The second-order valence-corrected chi connectivity index (χ2v) is 7.62. The van der Waals surface area contributed by atoms with E-state index in [0.29, 0.717) is 16.0 Å². The number of amides is 1. The lowest BCUT2D eigenvalue weighted by Crippen LogP contribution is -2.37. The molecule has 0 saturated carbocycles. The Bertz CT molecular complexity index is 644. The summed E-state index contributed by atoms with van der Waals surface area (Å²) in [5, 5.41) is 8.06. The number of halogens is 1. The van der Waals surface area contributed by atoms with Crippen molar-refractivity contribution in [3.8, 4) is 0 Å². The number of rotatable bonds is 5. The van der Waals surface area contributed by atoms with Gasteiger partial charge in [0.2, 0.25) is 10.0 Å². The highest BCUT2D eigenvalue weighted by Gasteiger charge is 2.20. The van der Waals surface area contributed by atoms with E-state index in [-0.39, 0.29) is 22.4 Å². The maximum absolute atomic E-state index is 12.3. The van der Waals surface area contributed by atoms with Gasteiger partial charge < -0.3 is 5.32 Å². The molecule has 1 amide bonds. The van der Waals surface area contributed by atoms with Crippen LogP contribution in [0.1, 0.15) is 43.1 Å². The number of sulfonamides is 1. The zero-order chi connectivity index (χ0) is 16.4. The molecule has 118 valence electrons. The molecule has 0 radical (unpaired) electrons. The van der Waals surface area contributed by atoms with Crippen molar-refractivity contribution in [3.05, 3.63) is 27.7 Å². The lowest BCUT2D eigenvalue weighted by molar-refractivity contribution is 0.0928. The van der Waals surface area contributed by atoms with Crippen molar-refractivity contribution in [1.29, 1.82) is 0 Å². The van der Waals surface area contributed by atoms with E-state index in [4.69, 9.17) is 5.14 Å². The number of nitrogens with one attached hydrogen (secondary N) is 1. The highest BCUT2D eigenvalue weighted by molar-refractivity contribution is 9.10. The number of carbonyl (C=O) groups is 1. The number of hydrogen-bond acceptors (Lipinski definition) is 3. The molecule has 0 aliphatic rings. The third-order valence-electron chi connectivity index (χ3n) is 3.65. The van der Waals surface area contributed by atoms with Crippen molar-refractivity contribution >= 4 is 31.9 Å². The second-order valence-electron chi connectivity index (χ2n) is 5.30. The average molecular weight is 377 g/mol. The van der Waals surface area contributed by atoms with Crippen LogP contribution in [0.2, 0.25) is 0 Å². The number of aryl methyl sites for hydroxylation is 1. The molecule has 0 bridgehead atoms. The SMILES string of the molecule is CCC(C)C(C)NC(=O)c1cc(C)c(Br)c(S(N)(=O)=O)c1. The van der Waals surface area contributed by atoms with Crippen LogP contribution < -0.4 is 10.5 Å². The van der Waals surface area contributed by atoms with E-state index in [1.54, 1.807) is 13.0 Å². The standard InChI is InChI=1S/C14H21BrN2O3S/c1-5-8(2)10(4)17-14(18)11-6-9(3)13(15)12(7-11)21(16,19)20/h6-8,10H,5H2,1-4H3,(H,17,18)(H2,16,19,20). The van der Waals surface area contributed by atoms with Crippen molar-refractivity contribution in [1.82, 2.24) is 5.32 Å². The van der Waals surface area contributed by atoms with Gasteiger partial charge in [0.1, 0.15) is 0 Å². The summed E-state index contributed by atoms with van der Waals surface area (Å²) in [4.78, 5) is 12.2. The molecule has 1 rings (SSSR count). The van der Waals surface area contributed by atoms with Crippen LogP contribution >= 0.6 is 15.9 Å². The van der Waals surface area contributed by atoms with Crippen LogP contribution in [-0.2, 0) is 10.0 Å². The van der Waals surface area contributed by atoms with E-state index in [9.17, 15) is 13.2 Å². The smallest absolute Gasteiger partial charge is 0.251 e. The highest BCUT2D eigenvalue weighted by Crippen LogP contribution is 2.26. The van der Waals surface area contributed by atoms with Gasteiger partial charge in [0.15, 0.2) is 0 Å². The molecule has 0 heterocycles. The molecule has 5 nitrogen and oxygen atoms in total. The summed E-state index contributed by atoms with van der Waals surface area (Å²) in [5.41, 5.74) is 0.928. The van der Waals surface area contributed by atoms with Gasteiger partial charge >= 0.3 is 0 Å². The van der Waals surface area contributed by atoms with Gasteiger partial charge in [0, 0.05) is 16.1 Å². The number of carbonyl (C=O) groups excluding carboxylic acids is 1. The van der Waals surface area contributed by atoms with Crippen molar-refractivity contribution in [2.45, 2.75) is 45.1 Å². The Labute approximate surface area is 134 Å². The van der Waals surface area contributed by atoms with Crippen LogP contribution in [0.4, 0.5) is 0 Å². The number of benzene rings is 1. The molecule has 3 N–H and O–H groups in total. The molecule has 0 aromatic heterocycles. The minimum atomic E-state index is -3.89. The van der Waals surface area contributed by atoms with Gasteiger partial charge in [-0.25, -0.2) is 13.6 Å². The Hall–Kier alpha value is -0.920. The molecular formula is C14H21BrN2O3S. The number of primary sulfonamides is 1. The van der Waals surface area contributed by atoms with Crippen molar-refractivity contribution < 1.29 is 13.2 Å². The fraction of sp³-hybridized carbons (Fsp3) is 0.500. The van der Waals surface area contributed by atoms with E-state index < -0.39 is 10.0 Å². The summed E-state index contributed by atoms with van der Waals surface area (Å²) < 4.78 is 23.5. The molecule has 21 heavy (non-hydrogen) atoms. The minimum Gasteiger partial charge on any atom is -0.349 e. The van der Waals surface area contributed by atoms with Crippen molar-refractivity contribution in [3.63, 3.8) is 0 Å². The molecule has 0 spiro atoms. The lowest BCUT2D eigenvalue weighted by Gasteiger charge is -2.20. The Kier molecular flexibility index (Phi) is 5.95. The van der Waals surface area contributed by atoms with Gasteiger partial charge in [-0.15, -0.1) is 0 Å². The topological polar surface area (TPSA) is 89.3 Å². The fourth-order valence-corrected chi connectivity index (χ4v) is 3.47. The van der Waals surface area contributed by atoms with Crippen molar-refractivity contribution in [2.24, 2.45) is 11.1 Å². The largest absolute Gasteiger partial charge is 0.349 e. The van der Waals surface area contributed by atoms with Gasteiger partial charge in [-0.05, 0) is 53.4 Å². The van der Waals surface area contributed by atoms with Crippen LogP contribution in [0.3, 0.4) is 0 Å². The normalized spacial score (nSPS) is 14.6. The number of nitrogens with two attached hydrogens (primary N) is 1. The highest BCUT2D eigenvalue weighted by atomic mass is 79.9. The van der Waals surface area contributed by atoms with E-state index in [2.05, 4.69) is 28.2 Å². The summed E-state index contributed by atoms with van der Waals surface area (Å²) in [6.45, 7) is 7.75. The molecule has 2 unspecified atom stereocenters. The Morgan fingerprint density at radius 1 is 1.38 bits per heavy atom. The van der Waals surface area contributed by atoms with Crippen LogP contribution in [0.15, 0.2) is 21.5 Å². The molecular weight excluding hydrogens is 356 g/mol. The van der Waals surface area contributed by atoms with E-state index in [0.717, 1.165) is 6.42 Å². The molecule has 0 aliphatic heterocycles. The first-order chi connectivity index (χ1) is 9.57. The average Bonchev–Trinajstić information content (AvgIpc) is 2.38. The predicted octanol–water partition coefficient (Wildman–Crippen LogP) is 2.57. The van der Waals surface area contributed by atoms with Gasteiger partial charge in [-0.1, -0.05) is 20.3 Å². The quantitative estimate of drug-likeness (QED) is 0.827. The first-order valence-electron chi connectivity index (χ1n) is 6.71. The fourth-order valence-electron chi connectivity index (χ4n) is 1.86. The molecule has 0 fully saturated rings. The first kappa shape index (κ1) is 18.1. The Balaban J connectivity index is 3.15. The molecule has 7 heteroatoms. The Morgan fingerprint density at radius 2 is 1.95 bits per heavy atom. The lowest BCUT2D eigenvalue weighted by atomic mass is 10.0. The van der Waals surface area contributed by atoms with Crippen molar-refractivity contribution in [2.75, 3.05) is 0 Å². The summed E-state index contributed by atoms with van der Waals surface area (Å²) in [7, 11) is -3.89. The first-order valence-corrected chi connectivity index (χ1v) is 9.05. The zero-order valence-corrected chi connectivity index (χ0v) is 15.0. The van der Waals surface area contributed by atoms with Gasteiger partial charge in [0.05, 0.1) is 4.90 Å². The summed E-state index contributed by atoms with van der Waals surface area (Å²) in [5.74, 6) is 0.0338. The molecule has 0 aliphatic carbocycles. The van der Waals surface area contributed by atoms with Crippen LogP contribution in [-0.4, -0.2) is 20.4 Å². The maximum atomic E-state index is 12.3. The van der Waals surface area contributed by atoms with Crippen LogP contribution in [0, 0.1) is 12.8 Å². The monoisotopic (exact) mass is 376 g/mol. The third kappa shape index (κ3) is 4.52. The van der Waals surface area contributed by atoms with Crippen LogP contribution in [0.5, 0.6) is 0 Å². The predicted molar refractivity (Wildman–Crippen MR) is 86.6 cm³/mol. The minimum absolute atomic E-state index is 0.00406. The zero-order valence-electron chi connectivity index (χ0n) is 12.6. The van der Waals surface area contributed by atoms with Gasteiger partial charge in [-0.3, -0.25) is 4.79 Å². The molecule has 0 saturated heterocycles. The van der Waals surface area contributed by atoms with Crippen LogP contribution in [0.25, 0.3) is 0 Å². The molecule has 1 aromatic rings. The second kappa shape index (κ2) is 6.89. The van der Waals surface area contributed by atoms with E-state index in [1.807, 2.05) is 13.8 Å². The third-order valence-corrected chi connectivity index (χ3v) is 5.90. The van der Waals surface area contributed by atoms with E-state index >= 15 is 0 Å². The van der Waals surface area contributed by atoms with Gasteiger partial charge in [0.25, 0.3) is 5.91 Å². The molecule has 1 aromatic carbocycles. The van der Waals surface area contributed by atoms with Gasteiger partial charge in [-0.2, -0.15) is 0 Å². The summed E-state index contributed by atoms with van der Waals surface area (Å²) in [6.07, 6.45) is 0.948. The Morgan fingerprint density at radius 3 is 2.43 bits per heavy atom. The summed E-state index contributed by atoms with van der Waals surface area (Å²) >= 11 is 3.19. The maximum Gasteiger partial charge on any atom is 0.251 e. The molecule has 2 atom stereocenters. The van der Waals surface area contributed by atoms with E-state index in [1.165, 1.54) is 6.07 Å².